The summed E-state index contributed by atoms with van der Waals surface area (Å²) in [6, 6.07) is 0. The van der Waals surface area contributed by atoms with Crippen LogP contribution in [0.2, 0.25) is 0 Å². The fourth-order valence-corrected chi connectivity index (χ4v) is 6.36. The Hall–Kier alpha value is -1.47. The van der Waals surface area contributed by atoms with Gasteiger partial charge in [-0.2, -0.15) is 0 Å². The van der Waals surface area contributed by atoms with E-state index in [1.165, 1.54) is 111 Å². The van der Waals surface area contributed by atoms with Crippen LogP contribution in [0.4, 0.5) is 0 Å². The molecule has 0 heterocycles. The van der Waals surface area contributed by atoms with Crippen molar-refractivity contribution in [2.75, 3.05) is 27.4 Å². The van der Waals surface area contributed by atoms with Gasteiger partial charge in [-0.1, -0.05) is 141 Å². The van der Waals surface area contributed by atoms with Crippen molar-refractivity contribution < 1.29 is 37.2 Å². The molecule has 0 fully saturated rings. The van der Waals surface area contributed by atoms with Crippen molar-refractivity contribution in [3.8, 4) is 0 Å². The minimum Gasteiger partial charge on any atom is -0.462 e. The molecule has 9 heteroatoms. The Bertz CT molecular complexity index is 867. The van der Waals surface area contributed by atoms with Gasteiger partial charge in [0.05, 0.1) is 6.61 Å². The second kappa shape index (κ2) is 37.3. The lowest BCUT2D eigenvalue weighted by molar-refractivity contribution is -0.161. The Labute approximate surface area is 307 Å². The summed E-state index contributed by atoms with van der Waals surface area (Å²) in [5.74, 6) is -0.739. The maximum Gasteiger partial charge on any atom is 0.474 e. The van der Waals surface area contributed by atoms with E-state index in [-0.39, 0.29) is 25.6 Å². The zero-order chi connectivity index (χ0) is 36.8. The molecular formula is C41H77O8P. The molecule has 0 aromatic heterocycles. The highest BCUT2D eigenvalue weighted by molar-refractivity contribution is 7.48. The zero-order valence-corrected chi connectivity index (χ0v) is 33.7. The van der Waals surface area contributed by atoms with Gasteiger partial charge in [0.2, 0.25) is 0 Å². The van der Waals surface area contributed by atoms with Crippen molar-refractivity contribution in [2.45, 2.75) is 200 Å². The summed E-state index contributed by atoms with van der Waals surface area (Å²) >= 11 is 0. The Balaban J connectivity index is 4.14. The minimum absolute atomic E-state index is 0.171. The maximum absolute atomic E-state index is 12.6. The van der Waals surface area contributed by atoms with Gasteiger partial charge in [0.25, 0.3) is 0 Å². The highest BCUT2D eigenvalue weighted by atomic mass is 31.2. The summed E-state index contributed by atoms with van der Waals surface area (Å²) in [4.78, 5) is 24.9. The molecular weight excluding hydrogens is 651 g/mol. The quantitative estimate of drug-likeness (QED) is 0.0268. The smallest absolute Gasteiger partial charge is 0.462 e. The fraction of sp³-hybridized carbons (Fsp3) is 0.854. The molecule has 294 valence electrons. The van der Waals surface area contributed by atoms with E-state index < -0.39 is 19.9 Å². The molecule has 0 aromatic carbocycles. The van der Waals surface area contributed by atoms with Crippen molar-refractivity contribution in [1.29, 1.82) is 0 Å². The first-order valence-electron chi connectivity index (χ1n) is 20.4. The van der Waals surface area contributed by atoms with Gasteiger partial charge in [-0.05, 0) is 64.2 Å². The molecule has 0 unspecified atom stereocenters. The number of esters is 2. The molecule has 0 saturated carbocycles. The molecule has 0 saturated heterocycles. The van der Waals surface area contributed by atoms with Gasteiger partial charge in [-0.25, -0.2) is 4.57 Å². The molecule has 0 N–H and O–H groups in total. The van der Waals surface area contributed by atoms with Gasteiger partial charge in [-0.3, -0.25) is 23.2 Å². The number of phosphoric acid groups is 1. The van der Waals surface area contributed by atoms with Crippen LogP contribution in [0.1, 0.15) is 194 Å². The minimum atomic E-state index is -3.77. The van der Waals surface area contributed by atoms with E-state index >= 15 is 0 Å². The molecule has 8 nitrogen and oxygen atoms in total. The molecule has 0 aromatic rings. The number of carbonyl (C=O) groups excluding carboxylic acids is 2. The van der Waals surface area contributed by atoms with Crippen LogP contribution in [0.3, 0.4) is 0 Å². The van der Waals surface area contributed by atoms with Crippen LogP contribution < -0.4 is 0 Å². The average molecular weight is 729 g/mol. The number of phosphoric ester groups is 1. The molecule has 0 radical (unpaired) electrons. The molecule has 0 amide bonds. The van der Waals surface area contributed by atoms with E-state index in [1.807, 2.05) is 0 Å². The maximum atomic E-state index is 12.6. The summed E-state index contributed by atoms with van der Waals surface area (Å²) in [5, 5.41) is 0. The summed E-state index contributed by atoms with van der Waals surface area (Å²) in [6.45, 7) is 4.07. The van der Waals surface area contributed by atoms with Crippen LogP contribution in [0, 0.1) is 0 Å². The van der Waals surface area contributed by atoms with E-state index in [0.29, 0.717) is 6.42 Å². The highest BCUT2D eigenvalue weighted by Crippen LogP contribution is 2.47. The Morgan fingerprint density at radius 1 is 0.500 bits per heavy atom. The van der Waals surface area contributed by atoms with Crippen LogP contribution in [0.15, 0.2) is 24.3 Å². The van der Waals surface area contributed by atoms with E-state index in [2.05, 4.69) is 38.2 Å². The predicted octanol–water partition coefficient (Wildman–Crippen LogP) is 12.9. The third-order valence-electron chi connectivity index (χ3n) is 8.88. The van der Waals surface area contributed by atoms with Crippen molar-refractivity contribution in [2.24, 2.45) is 0 Å². The Morgan fingerprint density at radius 2 is 0.860 bits per heavy atom. The van der Waals surface area contributed by atoms with Crippen LogP contribution in [0.25, 0.3) is 0 Å². The molecule has 0 aliphatic rings. The molecule has 0 aliphatic carbocycles. The first-order chi connectivity index (χ1) is 24.4. The van der Waals surface area contributed by atoms with Crippen molar-refractivity contribution in [3.63, 3.8) is 0 Å². The van der Waals surface area contributed by atoms with Gasteiger partial charge in [0.1, 0.15) is 6.61 Å². The number of unbranched alkanes of at least 4 members (excludes halogenated alkanes) is 22. The van der Waals surface area contributed by atoms with E-state index in [9.17, 15) is 14.2 Å². The summed E-state index contributed by atoms with van der Waals surface area (Å²) < 4.78 is 38.2. The Morgan fingerprint density at radius 3 is 1.26 bits per heavy atom. The second-order valence-corrected chi connectivity index (χ2v) is 15.5. The fourth-order valence-electron chi connectivity index (χ4n) is 5.65. The van der Waals surface area contributed by atoms with Gasteiger partial charge < -0.3 is 9.47 Å². The normalized spacial score (nSPS) is 12.6. The summed E-state index contributed by atoms with van der Waals surface area (Å²) in [5.41, 5.74) is 0. The first-order valence-corrected chi connectivity index (χ1v) is 21.9. The van der Waals surface area contributed by atoms with Gasteiger partial charge >= 0.3 is 19.8 Å². The van der Waals surface area contributed by atoms with Crippen molar-refractivity contribution in [1.82, 2.24) is 0 Å². The molecule has 0 bridgehead atoms. The lowest BCUT2D eigenvalue weighted by Gasteiger charge is -2.20. The van der Waals surface area contributed by atoms with E-state index in [0.717, 1.165) is 70.6 Å². The molecule has 50 heavy (non-hydrogen) atoms. The zero-order valence-electron chi connectivity index (χ0n) is 32.8. The highest BCUT2D eigenvalue weighted by Gasteiger charge is 2.27. The molecule has 0 rings (SSSR count). The van der Waals surface area contributed by atoms with Crippen molar-refractivity contribution >= 4 is 19.8 Å². The molecule has 1 atom stereocenters. The number of hydrogen-bond acceptors (Lipinski definition) is 8. The van der Waals surface area contributed by atoms with Crippen LogP contribution in [0.5, 0.6) is 0 Å². The second-order valence-electron chi connectivity index (χ2n) is 13.6. The van der Waals surface area contributed by atoms with Gasteiger partial charge in [0.15, 0.2) is 6.10 Å². The third-order valence-corrected chi connectivity index (χ3v) is 10.2. The third kappa shape index (κ3) is 33.7. The van der Waals surface area contributed by atoms with Crippen LogP contribution >= 0.6 is 7.82 Å². The topological polar surface area (TPSA) is 97.4 Å². The lowest BCUT2D eigenvalue weighted by atomic mass is 10.1. The summed E-state index contributed by atoms with van der Waals surface area (Å²) in [7, 11) is -1.34. The predicted molar refractivity (Wildman–Crippen MR) is 207 cm³/mol. The molecule has 0 aliphatic heterocycles. The standard InChI is InChI=1S/C41H77O8P/c1-5-7-9-11-13-15-17-19-21-23-25-27-29-31-33-35-40(42)47-37-39(38-48-50(44,45-3)46-4)49-41(43)36-34-32-30-28-26-24-22-20-18-16-14-12-10-8-6-2/h19-22,39H,5-18,23-38H2,1-4H3/b21-19?,22-20+/t39-/m1/s1. The van der Waals surface area contributed by atoms with Gasteiger partial charge in [-0.15, -0.1) is 0 Å². The first kappa shape index (κ1) is 48.5. The van der Waals surface area contributed by atoms with Crippen molar-refractivity contribution in [3.05, 3.63) is 24.3 Å². The van der Waals surface area contributed by atoms with E-state index in [4.69, 9.17) is 23.0 Å². The molecule has 0 spiro atoms. The number of allylic oxidation sites excluding steroid dienone is 4. The number of carbonyl (C=O) groups is 2. The average Bonchev–Trinajstić information content (AvgIpc) is 3.12. The summed E-state index contributed by atoms with van der Waals surface area (Å²) in [6.07, 6.45) is 39.8. The van der Waals surface area contributed by atoms with Gasteiger partial charge in [0, 0.05) is 27.1 Å². The number of rotatable bonds is 38. The SMILES string of the molecule is CCCCCCCCC=CCCCCCCCC(=O)OC[C@H](COP(=O)(OC)OC)OC(=O)CCCCCCC/C=C/CCCCCCCC. The largest absolute Gasteiger partial charge is 0.474 e. The van der Waals surface area contributed by atoms with Crippen LogP contribution in [-0.2, 0) is 37.2 Å². The monoisotopic (exact) mass is 729 g/mol. The Kier molecular flexibility index (Phi) is 36.2. The van der Waals surface area contributed by atoms with E-state index in [1.54, 1.807) is 0 Å². The number of ether oxygens (including phenoxy) is 2. The lowest BCUT2D eigenvalue weighted by Crippen LogP contribution is -2.29. The van der Waals surface area contributed by atoms with Crippen LogP contribution in [-0.4, -0.2) is 45.5 Å². The number of hydrogen-bond donors (Lipinski definition) is 0.